The van der Waals surface area contributed by atoms with Gasteiger partial charge in [0, 0.05) is 26.2 Å². The van der Waals surface area contributed by atoms with Crippen LogP contribution >= 0.6 is 0 Å². The van der Waals surface area contributed by atoms with Crippen LogP contribution in [0.5, 0.6) is 5.88 Å². The summed E-state index contributed by atoms with van der Waals surface area (Å²) in [6.45, 7) is 2.24. The summed E-state index contributed by atoms with van der Waals surface area (Å²) in [5.74, 6) is 0.751. The molecule has 0 radical (unpaired) electrons. The van der Waals surface area contributed by atoms with Crippen LogP contribution < -0.4 is 4.74 Å². The normalized spacial score (nSPS) is 17.6. The largest absolute Gasteiger partial charge is 0.481 e. The van der Waals surface area contributed by atoms with E-state index in [0.717, 1.165) is 18.7 Å². The van der Waals surface area contributed by atoms with Crippen molar-refractivity contribution in [1.82, 2.24) is 19.8 Å². The molecule has 0 aliphatic carbocycles. The van der Waals surface area contributed by atoms with Crippen LogP contribution in [0.3, 0.4) is 0 Å². The molecule has 134 valence electrons. The van der Waals surface area contributed by atoms with Crippen LogP contribution in [0, 0.1) is 0 Å². The number of amides is 1. The highest BCUT2D eigenvalue weighted by Gasteiger charge is 2.23. The quantitative estimate of drug-likeness (QED) is 0.831. The van der Waals surface area contributed by atoms with Crippen molar-refractivity contribution < 1.29 is 19.1 Å². The van der Waals surface area contributed by atoms with Gasteiger partial charge in [-0.25, -0.2) is 9.97 Å². The lowest BCUT2D eigenvalue weighted by molar-refractivity contribution is 0.0777. The number of rotatable bonds is 6. The Hall–Kier alpha value is -2.45. The van der Waals surface area contributed by atoms with E-state index in [1.54, 1.807) is 20.2 Å². The molecule has 0 spiro atoms. The van der Waals surface area contributed by atoms with Crippen LogP contribution in [0.4, 0.5) is 0 Å². The number of aliphatic hydroxyl groups excluding tert-OH is 1. The topological polar surface area (TPSA) is 91.9 Å². The molecule has 1 amide bonds. The Kier molecular flexibility index (Phi) is 5.30. The molecular weight excluding hydrogens is 324 g/mol. The number of hydrogen-bond acceptors (Lipinski definition) is 7. The fraction of sp³-hybridized carbons (Fsp3) is 0.471. The lowest BCUT2D eigenvalue weighted by atomic mass is 10.3. The Balaban J connectivity index is 1.60. The molecule has 1 saturated heterocycles. The third-order valence-corrected chi connectivity index (χ3v) is 4.11. The number of aromatic nitrogens is 2. The van der Waals surface area contributed by atoms with Crippen molar-refractivity contribution in [3.05, 3.63) is 41.7 Å². The molecule has 2 aromatic heterocycles. The third kappa shape index (κ3) is 4.34. The number of ether oxygens (including phenoxy) is 1. The van der Waals surface area contributed by atoms with Gasteiger partial charge in [0.25, 0.3) is 5.91 Å². The van der Waals surface area contributed by atoms with Gasteiger partial charge in [-0.05, 0) is 12.5 Å². The van der Waals surface area contributed by atoms with E-state index < -0.39 is 0 Å². The van der Waals surface area contributed by atoms with Crippen molar-refractivity contribution in [2.24, 2.45) is 0 Å². The second kappa shape index (κ2) is 7.62. The van der Waals surface area contributed by atoms with Crippen molar-refractivity contribution in [2.75, 3.05) is 27.2 Å². The van der Waals surface area contributed by atoms with E-state index in [1.165, 1.54) is 11.2 Å². The maximum atomic E-state index is 12.5. The minimum Gasteiger partial charge on any atom is -0.481 e. The molecule has 2 aromatic rings. The summed E-state index contributed by atoms with van der Waals surface area (Å²) in [5.41, 5.74) is 0.991. The number of hydrogen-bond donors (Lipinski definition) is 1. The van der Waals surface area contributed by atoms with Crippen molar-refractivity contribution in [2.45, 2.75) is 25.6 Å². The smallest absolute Gasteiger partial charge is 0.275 e. The first-order valence-electron chi connectivity index (χ1n) is 8.15. The Labute approximate surface area is 146 Å². The average Bonchev–Trinajstić information content (AvgIpc) is 3.23. The number of oxazole rings is 1. The van der Waals surface area contributed by atoms with Crippen LogP contribution in [0.15, 0.2) is 28.9 Å². The van der Waals surface area contributed by atoms with E-state index in [4.69, 9.17) is 9.15 Å². The van der Waals surface area contributed by atoms with Gasteiger partial charge in [0.2, 0.25) is 11.8 Å². The van der Waals surface area contributed by atoms with E-state index >= 15 is 0 Å². The van der Waals surface area contributed by atoms with Gasteiger partial charge < -0.3 is 19.2 Å². The van der Waals surface area contributed by atoms with Gasteiger partial charge in [0.05, 0.1) is 32.0 Å². The van der Waals surface area contributed by atoms with Crippen molar-refractivity contribution in [3.63, 3.8) is 0 Å². The summed E-state index contributed by atoms with van der Waals surface area (Å²) in [4.78, 5) is 24.6. The van der Waals surface area contributed by atoms with Gasteiger partial charge in [-0.2, -0.15) is 0 Å². The van der Waals surface area contributed by atoms with Crippen LogP contribution in [0.1, 0.15) is 28.5 Å². The fourth-order valence-electron chi connectivity index (χ4n) is 2.80. The first kappa shape index (κ1) is 17.4. The summed E-state index contributed by atoms with van der Waals surface area (Å²) in [6, 6.07) is 5.42. The summed E-state index contributed by atoms with van der Waals surface area (Å²) < 4.78 is 10.5. The van der Waals surface area contributed by atoms with Crippen LogP contribution in [0.25, 0.3) is 0 Å². The van der Waals surface area contributed by atoms with Crippen LogP contribution in [-0.4, -0.2) is 64.1 Å². The van der Waals surface area contributed by atoms with Gasteiger partial charge in [-0.15, -0.1) is 0 Å². The number of carbonyl (C=O) groups is 1. The summed E-state index contributed by atoms with van der Waals surface area (Å²) in [5, 5.41) is 9.55. The number of pyridine rings is 1. The minimum atomic E-state index is -0.294. The predicted octanol–water partition coefficient (Wildman–Crippen LogP) is 0.917. The SMILES string of the molecule is COc1cccc(CN(C)C(=O)c2coc(CN3CCC(O)C3)n2)n1. The van der Waals surface area contributed by atoms with E-state index in [9.17, 15) is 9.90 Å². The Morgan fingerprint density at radius 1 is 1.48 bits per heavy atom. The standard InChI is InChI=1S/C17H22N4O4/c1-20(8-12-4-3-5-15(18-12)24-2)17(23)14-11-25-16(19-14)10-21-7-6-13(22)9-21/h3-5,11,13,22H,6-10H2,1-2H3. The molecule has 0 aromatic carbocycles. The number of β-amino-alcohol motifs (C(OH)–C–C–N with tert-alkyl or cyclic N) is 1. The first-order valence-corrected chi connectivity index (χ1v) is 8.15. The lowest BCUT2D eigenvalue weighted by Crippen LogP contribution is -2.27. The van der Waals surface area contributed by atoms with Gasteiger partial charge in [0.1, 0.15) is 6.26 Å². The van der Waals surface area contributed by atoms with E-state index in [1.807, 2.05) is 12.1 Å². The van der Waals surface area contributed by atoms with Gasteiger partial charge >= 0.3 is 0 Å². The molecule has 8 heteroatoms. The number of aliphatic hydroxyl groups is 1. The fourth-order valence-corrected chi connectivity index (χ4v) is 2.80. The van der Waals surface area contributed by atoms with Crippen molar-refractivity contribution in [1.29, 1.82) is 0 Å². The molecule has 1 atom stereocenters. The number of likely N-dealkylation sites (tertiary alicyclic amines) is 1. The van der Waals surface area contributed by atoms with Gasteiger partial charge in [-0.3, -0.25) is 9.69 Å². The molecule has 25 heavy (non-hydrogen) atoms. The highest BCUT2D eigenvalue weighted by molar-refractivity contribution is 5.91. The molecular formula is C17H22N4O4. The Morgan fingerprint density at radius 3 is 3.04 bits per heavy atom. The van der Waals surface area contributed by atoms with Crippen LogP contribution in [0.2, 0.25) is 0 Å². The molecule has 8 nitrogen and oxygen atoms in total. The maximum Gasteiger partial charge on any atom is 0.275 e. The zero-order valence-electron chi connectivity index (χ0n) is 14.4. The summed E-state index contributed by atoms with van der Waals surface area (Å²) >= 11 is 0. The zero-order valence-corrected chi connectivity index (χ0v) is 14.4. The van der Waals surface area contributed by atoms with Crippen molar-refractivity contribution >= 4 is 5.91 Å². The van der Waals surface area contributed by atoms with Gasteiger partial charge in [-0.1, -0.05) is 6.07 Å². The number of carbonyl (C=O) groups excluding carboxylic acids is 1. The average molecular weight is 346 g/mol. The molecule has 3 heterocycles. The lowest BCUT2D eigenvalue weighted by Gasteiger charge is -2.15. The van der Waals surface area contributed by atoms with Crippen molar-refractivity contribution in [3.8, 4) is 5.88 Å². The molecule has 3 rings (SSSR count). The molecule has 0 saturated carbocycles. The number of nitrogens with zero attached hydrogens (tertiary/aromatic N) is 4. The predicted molar refractivity (Wildman–Crippen MR) is 89.0 cm³/mol. The highest BCUT2D eigenvalue weighted by atomic mass is 16.5. The summed E-state index contributed by atoms with van der Waals surface area (Å²) in [6.07, 6.45) is 1.83. The van der Waals surface area contributed by atoms with E-state index in [2.05, 4.69) is 14.9 Å². The van der Waals surface area contributed by atoms with E-state index in [-0.39, 0.29) is 17.7 Å². The van der Waals surface area contributed by atoms with Gasteiger partial charge in [0.15, 0.2) is 5.69 Å². The molecule has 1 aliphatic rings. The molecule has 1 aliphatic heterocycles. The Bertz CT molecular complexity index is 733. The molecule has 1 unspecified atom stereocenters. The molecule has 1 fully saturated rings. The molecule has 0 bridgehead atoms. The highest BCUT2D eigenvalue weighted by Crippen LogP contribution is 2.15. The monoisotopic (exact) mass is 346 g/mol. The first-order chi connectivity index (χ1) is 12.0. The van der Waals surface area contributed by atoms with Crippen LogP contribution in [-0.2, 0) is 13.1 Å². The van der Waals surface area contributed by atoms with E-state index in [0.29, 0.717) is 31.4 Å². The molecule has 1 N–H and O–H groups in total. The second-order valence-corrected chi connectivity index (χ2v) is 6.14. The number of methoxy groups -OCH3 is 1. The third-order valence-electron chi connectivity index (χ3n) is 4.11. The minimum absolute atomic E-state index is 0.235. The summed E-state index contributed by atoms with van der Waals surface area (Å²) in [7, 11) is 3.24. The zero-order chi connectivity index (χ0) is 17.8. The maximum absolute atomic E-state index is 12.5. The second-order valence-electron chi connectivity index (χ2n) is 6.14. The Morgan fingerprint density at radius 2 is 2.32 bits per heavy atom.